The topological polar surface area (TPSA) is 50.7 Å². The molecule has 0 saturated carbocycles. The normalized spacial score (nSPS) is 10.7. The smallest absolute Gasteiger partial charge is 0.250 e. The number of nitrogens with zero attached hydrogens (tertiary/aromatic N) is 1. The van der Waals surface area contributed by atoms with E-state index in [2.05, 4.69) is 49.2 Å². The van der Waals surface area contributed by atoms with E-state index in [0.717, 1.165) is 17.1 Å². The first-order valence-electron chi connectivity index (χ1n) is 8.37. The van der Waals surface area contributed by atoms with E-state index in [0.29, 0.717) is 12.4 Å². The maximum atomic E-state index is 11.9. The molecule has 26 heavy (non-hydrogen) atoms. The van der Waals surface area contributed by atoms with Crippen molar-refractivity contribution in [3.8, 4) is 5.75 Å². The van der Waals surface area contributed by atoms with Crippen LogP contribution in [0.5, 0.6) is 5.75 Å². The molecule has 2 aromatic carbocycles. The predicted molar refractivity (Wildman–Crippen MR) is 110 cm³/mol. The number of carbonyl (C=O) groups is 1. The first-order valence-corrected chi connectivity index (χ1v) is 9.53. The van der Waals surface area contributed by atoms with Gasteiger partial charge in [-0.3, -0.25) is 4.79 Å². The van der Waals surface area contributed by atoms with Gasteiger partial charge in [0.15, 0.2) is 0 Å². The van der Waals surface area contributed by atoms with Crippen LogP contribution in [0, 0.1) is 13.8 Å². The Labute approximate surface area is 159 Å². The molecule has 2 aromatic rings. The maximum absolute atomic E-state index is 11.9. The average Bonchev–Trinajstić information content (AvgIpc) is 2.60. The summed E-state index contributed by atoms with van der Waals surface area (Å²) in [5.74, 6) is 1.85. The van der Waals surface area contributed by atoms with E-state index in [1.807, 2.05) is 24.3 Å². The molecular formula is C21H24N2O2S. The first-order chi connectivity index (χ1) is 12.6. The fraction of sp³-hybridized carbons (Fsp3) is 0.238. The number of aryl methyl sites for hydroxylation is 2. The van der Waals surface area contributed by atoms with E-state index in [4.69, 9.17) is 4.74 Å². The summed E-state index contributed by atoms with van der Waals surface area (Å²) in [6.45, 7) is 8.25. The monoisotopic (exact) mass is 368 g/mol. The zero-order valence-electron chi connectivity index (χ0n) is 15.2. The molecule has 2 rings (SSSR count). The van der Waals surface area contributed by atoms with Crippen molar-refractivity contribution in [1.82, 2.24) is 5.43 Å². The Kier molecular flexibility index (Phi) is 7.96. The lowest BCUT2D eigenvalue weighted by Crippen LogP contribution is -2.19. The van der Waals surface area contributed by atoms with Crippen LogP contribution in [0.15, 0.2) is 60.2 Å². The van der Waals surface area contributed by atoms with Gasteiger partial charge >= 0.3 is 0 Å². The van der Waals surface area contributed by atoms with Crippen molar-refractivity contribution in [2.24, 2.45) is 5.10 Å². The minimum atomic E-state index is -0.110. The van der Waals surface area contributed by atoms with Crippen molar-refractivity contribution < 1.29 is 9.53 Å². The number of nitrogens with one attached hydrogen (secondary N) is 1. The summed E-state index contributed by atoms with van der Waals surface area (Å²) in [5, 5.41) is 3.99. The zero-order valence-corrected chi connectivity index (χ0v) is 16.0. The molecule has 136 valence electrons. The van der Waals surface area contributed by atoms with E-state index in [1.165, 1.54) is 16.7 Å². The Bertz CT molecular complexity index is 750. The molecule has 5 heteroatoms. The second-order valence-corrected chi connectivity index (χ2v) is 6.94. The van der Waals surface area contributed by atoms with Crippen LogP contribution in [-0.4, -0.2) is 24.5 Å². The number of benzene rings is 2. The number of amides is 1. The number of rotatable bonds is 9. The largest absolute Gasteiger partial charge is 0.490 e. The Morgan fingerprint density at radius 2 is 1.88 bits per heavy atom. The Morgan fingerprint density at radius 1 is 1.19 bits per heavy atom. The van der Waals surface area contributed by atoms with Gasteiger partial charge in [-0.15, -0.1) is 11.8 Å². The van der Waals surface area contributed by atoms with Gasteiger partial charge in [0.2, 0.25) is 5.91 Å². The molecule has 0 unspecified atom stereocenters. The summed E-state index contributed by atoms with van der Waals surface area (Å²) in [7, 11) is 0. The molecule has 0 aliphatic rings. The second kappa shape index (κ2) is 10.5. The van der Waals surface area contributed by atoms with Crippen LogP contribution in [0.4, 0.5) is 0 Å². The molecule has 0 radical (unpaired) electrons. The van der Waals surface area contributed by atoms with Crippen molar-refractivity contribution in [1.29, 1.82) is 0 Å². The highest BCUT2D eigenvalue weighted by atomic mass is 32.2. The molecule has 0 aliphatic carbocycles. The van der Waals surface area contributed by atoms with Gasteiger partial charge in [0.05, 0.1) is 12.0 Å². The van der Waals surface area contributed by atoms with E-state index >= 15 is 0 Å². The van der Waals surface area contributed by atoms with Gasteiger partial charge in [0.25, 0.3) is 0 Å². The molecule has 0 atom stereocenters. The van der Waals surface area contributed by atoms with Crippen LogP contribution in [-0.2, 0) is 10.5 Å². The summed E-state index contributed by atoms with van der Waals surface area (Å²) in [6.07, 6.45) is 3.31. The quantitative estimate of drug-likeness (QED) is 0.409. The van der Waals surface area contributed by atoms with Crippen molar-refractivity contribution in [2.45, 2.75) is 19.6 Å². The van der Waals surface area contributed by atoms with Crippen LogP contribution < -0.4 is 10.2 Å². The van der Waals surface area contributed by atoms with Crippen molar-refractivity contribution in [2.75, 3.05) is 12.4 Å². The lowest BCUT2D eigenvalue weighted by molar-refractivity contribution is -0.118. The van der Waals surface area contributed by atoms with Gasteiger partial charge in [-0.25, -0.2) is 5.43 Å². The Balaban J connectivity index is 1.72. The molecule has 0 fully saturated rings. The van der Waals surface area contributed by atoms with Crippen LogP contribution in [0.25, 0.3) is 0 Å². The highest BCUT2D eigenvalue weighted by molar-refractivity contribution is 7.99. The summed E-state index contributed by atoms with van der Waals surface area (Å²) < 4.78 is 5.41. The maximum Gasteiger partial charge on any atom is 0.250 e. The predicted octanol–water partition coefficient (Wildman–Crippen LogP) is 4.25. The molecule has 0 bridgehead atoms. The highest BCUT2D eigenvalue weighted by Crippen LogP contribution is 2.15. The van der Waals surface area contributed by atoms with Crippen LogP contribution in [0.3, 0.4) is 0 Å². The lowest BCUT2D eigenvalue weighted by Gasteiger charge is -2.05. The lowest BCUT2D eigenvalue weighted by atomic mass is 10.1. The van der Waals surface area contributed by atoms with Gasteiger partial charge in [-0.1, -0.05) is 42.0 Å². The summed E-state index contributed by atoms with van der Waals surface area (Å²) >= 11 is 1.58. The number of hydrogen-bond donors (Lipinski definition) is 1. The van der Waals surface area contributed by atoms with Gasteiger partial charge in [-0.05, 0) is 49.2 Å². The first kappa shape index (κ1) is 19.8. The van der Waals surface area contributed by atoms with E-state index < -0.39 is 0 Å². The number of thioether (sulfide) groups is 1. The fourth-order valence-electron chi connectivity index (χ4n) is 2.43. The number of carbonyl (C=O) groups excluding carboxylic acids is 1. The summed E-state index contributed by atoms with van der Waals surface area (Å²) in [6, 6.07) is 13.9. The van der Waals surface area contributed by atoms with E-state index in [1.54, 1.807) is 24.1 Å². The SMILES string of the molecule is C=CCOc1ccc(/C=N\NC(=O)CSCc2cc(C)cc(C)c2)cc1. The van der Waals surface area contributed by atoms with Crippen LogP contribution in [0.2, 0.25) is 0 Å². The van der Waals surface area contributed by atoms with E-state index in [9.17, 15) is 4.79 Å². The summed E-state index contributed by atoms with van der Waals surface area (Å²) in [5.41, 5.74) is 7.17. The minimum absolute atomic E-state index is 0.110. The fourth-order valence-corrected chi connectivity index (χ4v) is 3.18. The Hall–Kier alpha value is -2.53. The molecule has 1 amide bonds. The second-order valence-electron chi connectivity index (χ2n) is 5.95. The Morgan fingerprint density at radius 3 is 2.54 bits per heavy atom. The average molecular weight is 369 g/mol. The third kappa shape index (κ3) is 7.15. The third-order valence-electron chi connectivity index (χ3n) is 3.43. The van der Waals surface area contributed by atoms with Gasteiger partial charge in [0.1, 0.15) is 12.4 Å². The zero-order chi connectivity index (χ0) is 18.8. The molecule has 0 spiro atoms. The standard InChI is InChI=1S/C21H24N2O2S/c1-4-9-25-20-7-5-18(6-8-20)13-22-23-21(24)15-26-14-19-11-16(2)10-17(3)12-19/h4-8,10-13H,1,9,14-15H2,2-3H3,(H,23,24)/b22-13-. The molecule has 0 aromatic heterocycles. The molecule has 0 aliphatic heterocycles. The van der Waals surface area contributed by atoms with E-state index in [-0.39, 0.29) is 5.91 Å². The van der Waals surface area contributed by atoms with Crippen LogP contribution >= 0.6 is 11.8 Å². The molecule has 0 saturated heterocycles. The number of ether oxygens (including phenoxy) is 1. The molecular weight excluding hydrogens is 344 g/mol. The van der Waals surface area contributed by atoms with Gasteiger partial charge < -0.3 is 4.74 Å². The number of hydrogen-bond acceptors (Lipinski definition) is 4. The number of hydrazone groups is 1. The molecule has 0 heterocycles. The van der Waals surface area contributed by atoms with Crippen LogP contribution in [0.1, 0.15) is 22.3 Å². The third-order valence-corrected chi connectivity index (χ3v) is 4.44. The van der Waals surface area contributed by atoms with Crippen molar-refractivity contribution >= 4 is 23.9 Å². The highest BCUT2D eigenvalue weighted by Gasteiger charge is 2.02. The van der Waals surface area contributed by atoms with Crippen molar-refractivity contribution in [3.63, 3.8) is 0 Å². The minimum Gasteiger partial charge on any atom is -0.490 e. The van der Waals surface area contributed by atoms with Crippen molar-refractivity contribution in [3.05, 3.63) is 77.4 Å². The summed E-state index contributed by atoms with van der Waals surface area (Å²) in [4.78, 5) is 11.9. The molecule has 1 N–H and O–H groups in total. The van der Waals surface area contributed by atoms with Gasteiger partial charge in [-0.2, -0.15) is 5.10 Å². The van der Waals surface area contributed by atoms with Gasteiger partial charge in [0, 0.05) is 5.75 Å². The molecule has 4 nitrogen and oxygen atoms in total.